The lowest BCUT2D eigenvalue weighted by molar-refractivity contribution is 0.102. The molecule has 0 aliphatic heterocycles. The van der Waals surface area contributed by atoms with E-state index in [1.807, 2.05) is 48.5 Å². The van der Waals surface area contributed by atoms with Gasteiger partial charge in [0.1, 0.15) is 0 Å². The summed E-state index contributed by atoms with van der Waals surface area (Å²) < 4.78 is 3.25. The lowest BCUT2D eigenvalue weighted by Crippen LogP contribution is -2.11. The maximum Gasteiger partial charge on any atom is 0.255 e. The number of carbonyl (C=O) groups is 1. The molecule has 4 N–H and O–H groups in total. The van der Waals surface area contributed by atoms with Gasteiger partial charge in [0, 0.05) is 27.5 Å². The molecule has 0 spiro atoms. The van der Waals surface area contributed by atoms with E-state index in [1.54, 1.807) is 30.3 Å². The van der Waals surface area contributed by atoms with Crippen LogP contribution in [0, 0.1) is 0 Å². The maximum atomic E-state index is 12.4. The normalized spacial score (nSPS) is 10.2. The van der Waals surface area contributed by atoms with Gasteiger partial charge >= 0.3 is 0 Å². The van der Waals surface area contributed by atoms with E-state index < -0.39 is 0 Å². The van der Waals surface area contributed by atoms with Crippen LogP contribution in [0.25, 0.3) is 0 Å². The third-order valence-electron chi connectivity index (χ3n) is 3.33. The maximum absolute atomic E-state index is 12.4. The largest absolute Gasteiger partial charge is 0.399 e. The summed E-state index contributed by atoms with van der Waals surface area (Å²) >= 11 is 1.47. The monoisotopic (exact) mass is 335 g/mol. The lowest BCUT2D eigenvalue weighted by atomic mass is 10.2. The smallest absolute Gasteiger partial charge is 0.255 e. The van der Waals surface area contributed by atoms with Crippen LogP contribution in [0.5, 0.6) is 0 Å². The molecule has 0 aliphatic rings. The Morgan fingerprint density at radius 3 is 2.33 bits per heavy atom. The van der Waals surface area contributed by atoms with Gasteiger partial charge in [-0.2, -0.15) is 0 Å². The summed E-state index contributed by atoms with van der Waals surface area (Å²) in [6, 6.07) is 24.4. The number of amides is 1. The predicted octanol–water partition coefficient (Wildman–Crippen LogP) is 4.64. The molecule has 0 unspecified atom stereocenters. The SMILES string of the molecule is Nc1ccc(NC(=O)c2cccc(SNc3ccccc3)c2)cc1. The first kappa shape index (κ1) is 16.0. The number of anilines is 3. The summed E-state index contributed by atoms with van der Waals surface area (Å²) in [6.45, 7) is 0. The molecule has 0 aliphatic carbocycles. The molecule has 24 heavy (non-hydrogen) atoms. The van der Waals surface area contributed by atoms with Gasteiger partial charge in [0.25, 0.3) is 5.91 Å². The Hall–Kier alpha value is -2.92. The Morgan fingerprint density at radius 1 is 0.833 bits per heavy atom. The summed E-state index contributed by atoms with van der Waals surface area (Å²) in [4.78, 5) is 13.3. The van der Waals surface area contributed by atoms with E-state index in [1.165, 1.54) is 11.9 Å². The van der Waals surface area contributed by atoms with E-state index in [-0.39, 0.29) is 5.91 Å². The van der Waals surface area contributed by atoms with Crippen molar-refractivity contribution in [1.82, 2.24) is 0 Å². The minimum atomic E-state index is -0.151. The van der Waals surface area contributed by atoms with Crippen molar-refractivity contribution in [2.24, 2.45) is 0 Å². The Balaban J connectivity index is 1.65. The third kappa shape index (κ3) is 4.30. The van der Waals surface area contributed by atoms with Gasteiger partial charge in [0.05, 0.1) is 0 Å². The fourth-order valence-corrected chi connectivity index (χ4v) is 2.80. The van der Waals surface area contributed by atoms with Crippen LogP contribution in [0.2, 0.25) is 0 Å². The zero-order valence-corrected chi connectivity index (χ0v) is 13.7. The zero-order valence-electron chi connectivity index (χ0n) is 12.9. The van der Waals surface area contributed by atoms with Gasteiger partial charge in [-0.3, -0.25) is 4.79 Å². The third-order valence-corrected chi connectivity index (χ3v) is 4.15. The Morgan fingerprint density at radius 2 is 1.58 bits per heavy atom. The van der Waals surface area contributed by atoms with Gasteiger partial charge in [-0.1, -0.05) is 24.3 Å². The number of nitrogens with one attached hydrogen (secondary N) is 2. The minimum absolute atomic E-state index is 0.151. The first-order valence-electron chi connectivity index (χ1n) is 7.45. The molecule has 3 aromatic carbocycles. The number of hydrogen-bond donors (Lipinski definition) is 3. The van der Waals surface area contributed by atoms with E-state index in [2.05, 4.69) is 10.0 Å². The quantitative estimate of drug-likeness (QED) is 0.469. The molecule has 0 saturated heterocycles. The van der Waals surface area contributed by atoms with Gasteiger partial charge < -0.3 is 15.8 Å². The molecular weight excluding hydrogens is 318 g/mol. The number of hydrogen-bond acceptors (Lipinski definition) is 4. The summed E-state index contributed by atoms with van der Waals surface area (Å²) in [6.07, 6.45) is 0. The molecule has 3 aromatic rings. The number of rotatable bonds is 5. The molecule has 1 amide bonds. The van der Waals surface area contributed by atoms with Crippen LogP contribution >= 0.6 is 11.9 Å². The highest BCUT2D eigenvalue weighted by Crippen LogP contribution is 2.22. The van der Waals surface area contributed by atoms with Crippen molar-refractivity contribution >= 4 is 34.9 Å². The second-order valence-corrected chi connectivity index (χ2v) is 6.05. The summed E-state index contributed by atoms with van der Waals surface area (Å²) in [5.41, 5.74) is 8.65. The topological polar surface area (TPSA) is 67.1 Å². The number of nitrogens with two attached hydrogens (primary N) is 1. The molecule has 0 bridgehead atoms. The molecule has 120 valence electrons. The van der Waals surface area contributed by atoms with Gasteiger partial charge in [-0.15, -0.1) is 0 Å². The molecule has 0 fully saturated rings. The summed E-state index contributed by atoms with van der Waals surface area (Å²) in [5, 5.41) is 2.86. The lowest BCUT2D eigenvalue weighted by Gasteiger charge is -2.08. The van der Waals surface area contributed by atoms with Crippen molar-refractivity contribution in [2.45, 2.75) is 4.90 Å². The second kappa shape index (κ2) is 7.57. The number of nitrogen functional groups attached to an aromatic ring is 1. The van der Waals surface area contributed by atoms with Crippen molar-refractivity contribution in [2.75, 3.05) is 15.8 Å². The number of para-hydroxylation sites is 1. The van der Waals surface area contributed by atoms with Crippen LogP contribution in [-0.2, 0) is 0 Å². The van der Waals surface area contributed by atoms with E-state index in [0.29, 0.717) is 11.3 Å². The van der Waals surface area contributed by atoms with Crippen molar-refractivity contribution in [3.8, 4) is 0 Å². The fourth-order valence-electron chi connectivity index (χ4n) is 2.09. The molecule has 3 rings (SSSR count). The van der Waals surface area contributed by atoms with E-state index in [0.717, 1.165) is 16.3 Å². The van der Waals surface area contributed by atoms with E-state index in [9.17, 15) is 4.79 Å². The second-order valence-electron chi connectivity index (χ2n) is 5.17. The van der Waals surface area contributed by atoms with Crippen LogP contribution in [0.15, 0.2) is 83.8 Å². The Bertz CT molecular complexity index is 820. The predicted molar refractivity (Wildman–Crippen MR) is 101 cm³/mol. The average molecular weight is 335 g/mol. The van der Waals surface area contributed by atoms with Crippen LogP contribution in [0.3, 0.4) is 0 Å². The summed E-state index contributed by atoms with van der Waals surface area (Å²) in [7, 11) is 0. The Labute approximate surface area is 145 Å². The standard InChI is InChI=1S/C19H17N3OS/c20-15-9-11-16(12-10-15)21-19(23)14-5-4-8-18(13-14)24-22-17-6-2-1-3-7-17/h1-13,22H,20H2,(H,21,23). The molecule has 0 heterocycles. The number of benzene rings is 3. The van der Waals surface area contributed by atoms with Gasteiger partial charge in [0.15, 0.2) is 0 Å². The van der Waals surface area contributed by atoms with Crippen molar-refractivity contribution in [1.29, 1.82) is 0 Å². The van der Waals surface area contributed by atoms with E-state index in [4.69, 9.17) is 5.73 Å². The minimum Gasteiger partial charge on any atom is -0.399 e. The van der Waals surface area contributed by atoms with Gasteiger partial charge in [0.2, 0.25) is 0 Å². The van der Waals surface area contributed by atoms with Crippen LogP contribution < -0.4 is 15.8 Å². The Kier molecular flexibility index (Phi) is 5.03. The number of carbonyl (C=O) groups excluding carboxylic acids is 1. The van der Waals surface area contributed by atoms with Gasteiger partial charge in [-0.25, -0.2) is 0 Å². The summed E-state index contributed by atoms with van der Waals surface area (Å²) in [5.74, 6) is -0.151. The van der Waals surface area contributed by atoms with Crippen LogP contribution in [0.4, 0.5) is 17.1 Å². The zero-order chi connectivity index (χ0) is 16.8. The van der Waals surface area contributed by atoms with E-state index >= 15 is 0 Å². The fraction of sp³-hybridized carbons (Fsp3) is 0. The molecule has 0 radical (unpaired) electrons. The highest BCUT2D eigenvalue weighted by atomic mass is 32.2. The average Bonchev–Trinajstić information content (AvgIpc) is 2.63. The molecule has 5 heteroatoms. The molecule has 4 nitrogen and oxygen atoms in total. The van der Waals surface area contributed by atoms with Crippen LogP contribution in [-0.4, -0.2) is 5.91 Å². The van der Waals surface area contributed by atoms with Crippen molar-refractivity contribution in [3.63, 3.8) is 0 Å². The highest BCUT2D eigenvalue weighted by Gasteiger charge is 2.07. The molecule has 0 aromatic heterocycles. The molecular formula is C19H17N3OS. The molecule has 0 atom stereocenters. The van der Waals surface area contributed by atoms with Crippen LogP contribution in [0.1, 0.15) is 10.4 Å². The molecule has 0 saturated carbocycles. The van der Waals surface area contributed by atoms with Crippen molar-refractivity contribution < 1.29 is 4.79 Å². The highest BCUT2D eigenvalue weighted by molar-refractivity contribution is 8.00. The van der Waals surface area contributed by atoms with Crippen molar-refractivity contribution in [3.05, 3.63) is 84.4 Å². The van der Waals surface area contributed by atoms with Gasteiger partial charge in [-0.05, 0) is 66.5 Å². The first-order valence-corrected chi connectivity index (χ1v) is 8.27. The first-order chi connectivity index (χ1) is 11.7.